The summed E-state index contributed by atoms with van der Waals surface area (Å²) in [6, 6.07) is 3.40. The Morgan fingerprint density at radius 2 is 2.09 bits per heavy atom. The summed E-state index contributed by atoms with van der Waals surface area (Å²) in [5, 5.41) is 10.2. The van der Waals surface area contributed by atoms with Crippen LogP contribution in [0.5, 0.6) is 0 Å². The number of halogens is 2. The van der Waals surface area contributed by atoms with Crippen molar-refractivity contribution in [1.82, 2.24) is 14.8 Å². The first kappa shape index (κ1) is 17.1. The molecule has 5 nitrogen and oxygen atoms in total. The number of hydrogen-bond donors (Lipinski definition) is 1. The molecule has 0 saturated heterocycles. The lowest BCUT2D eigenvalue weighted by Crippen LogP contribution is -2.24. The van der Waals surface area contributed by atoms with Gasteiger partial charge in [-0.1, -0.05) is 23.9 Å². The Morgan fingerprint density at radius 3 is 2.70 bits per heavy atom. The molecule has 122 valence electrons. The first-order chi connectivity index (χ1) is 10.9. The van der Waals surface area contributed by atoms with Gasteiger partial charge < -0.3 is 9.88 Å². The zero-order chi connectivity index (χ0) is 17.0. The first-order valence-corrected chi connectivity index (χ1v) is 7.74. The Labute approximate surface area is 136 Å². The Morgan fingerprint density at radius 1 is 1.43 bits per heavy atom. The highest BCUT2D eigenvalue weighted by Gasteiger charge is 2.21. The van der Waals surface area contributed by atoms with Gasteiger partial charge in [-0.3, -0.25) is 4.79 Å². The first-order valence-electron chi connectivity index (χ1n) is 6.86. The molecule has 0 spiro atoms. The zero-order valence-corrected chi connectivity index (χ0v) is 13.5. The van der Waals surface area contributed by atoms with E-state index >= 15 is 0 Å². The molecule has 23 heavy (non-hydrogen) atoms. The topological polar surface area (TPSA) is 59.8 Å². The van der Waals surface area contributed by atoms with Crippen LogP contribution in [0, 0.1) is 18.6 Å². The van der Waals surface area contributed by atoms with E-state index in [0.29, 0.717) is 17.5 Å². The number of anilines is 1. The van der Waals surface area contributed by atoms with Gasteiger partial charge in [-0.15, -0.1) is 16.8 Å². The Kier molecular flexibility index (Phi) is 5.49. The molecule has 1 heterocycles. The number of amides is 1. The summed E-state index contributed by atoms with van der Waals surface area (Å²) >= 11 is 1.15. The molecule has 0 fully saturated rings. The molecule has 0 bridgehead atoms. The zero-order valence-electron chi connectivity index (χ0n) is 12.7. The summed E-state index contributed by atoms with van der Waals surface area (Å²) in [5.74, 6) is -1.47. The summed E-state index contributed by atoms with van der Waals surface area (Å²) in [4.78, 5) is 12.2. The molecule has 2 aromatic rings. The van der Waals surface area contributed by atoms with Crippen molar-refractivity contribution in [2.24, 2.45) is 0 Å². The number of carbonyl (C=O) groups is 1. The number of allylic oxidation sites excluding steroid dienone is 1. The predicted octanol–water partition coefficient (Wildman–Crippen LogP) is 3.17. The van der Waals surface area contributed by atoms with Crippen LogP contribution in [0.4, 0.5) is 14.5 Å². The number of hydrogen-bond acceptors (Lipinski definition) is 4. The van der Waals surface area contributed by atoms with Gasteiger partial charge in [0.05, 0.1) is 5.25 Å². The van der Waals surface area contributed by atoms with E-state index in [-0.39, 0.29) is 0 Å². The van der Waals surface area contributed by atoms with Crippen LogP contribution in [0.2, 0.25) is 0 Å². The third kappa shape index (κ3) is 3.95. The second kappa shape index (κ2) is 7.36. The molecule has 1 N–H and O–H groups in total. The van der Waals surface area contributed by atoms with Gasteiger partial charge in [0.2, 0.25) is 5.91 Å². The van der Waals surface area contributed by atoms with Crippen LogP contribution in [0.15, 0.2) is 36.0 Å². The molecule has 1 unspecified atom stereocenters. The molecule has 0 aliphatic carbocycles. The lowest BCUT2D eigenvalue weighted by Gasteiger charge is -2.13. The molecule has 0 radical (unpaired) electrons. The van der Waals surface area contributed by atoms with Gasteiger partial charge in [0.15, 0.2) is 5.16 Å². The fourth-order valence-electron chi connectivity index (χ4n) is 1.84. The molecule has 0 aliphatic rings. The van der Waals surface area contributed by atoms with E-state index in [1.165, 1.54) is 6.07 Å². The summed E-state index contributed by atoms with van der Waals surface area (Å²) in [6.07, 6.45) is 1.69. The van der Waals surface area contributed by atoms with Gasteiger partial charge in [0, 0.05) is 6.54 Å². The largest absolute Gasteiger partial charge is 0.320 e. The van der Waals surface area contributed by atoms with Crippen molar-refractivity contribution in [2.75, 3.05) is 5.32 Å². The number of carbonyl (C=O) groups excluding carboxylic acids is 1. The smallest absolute Gasteiger partial charge is 0.237 e. The quantitative estimate of drug-likeness (QED) is 0.649. The van der Waals surface area contributed by atoms with Crippen molar-refractivity contribution >= 4 is 23.4 Å². The molecule has 8 heteroatoms. The van der Waals surface area contributed by atoms with E-state index < -0.39 is 28.5 Å². The van der Waals surface area contributed by atoms with Crippen LogP contribution in [-0.2, 0) is 11.3 Å². The Hall–Kier alpha value is -2.22. The third-order valence-corrected chi connectivity index (χ3v) is 4.16. The average molecular weight is 338 g/mol. The summed E-state index contributed by atoms with van der Waals surface area (Å²) in [7, 11) is 0. The van der Waals surface area contributed by atoms with Crippen molar-refractivity contribution in [2.45, 2.75) is 30.8 Å². The molecule has 0 saturated carbocycles. The summed E-state index contributed by atoms with van der Waals surface area (Å²) in [5.41, 5.74) is -0.450. The molecule has 1 atom stereocenters. The van der Waals surface area contributed by atoms with Crippen molar-refractivity contribution in [3.63, 3.8) is 0 Å². The van der Waals surface area contributed by atoms with E-state index in [1.807, 2.05) is 0 Å². The SMILES string of the molecule is C=CCn1c(C)nnc1SC(C)C(=O)Nc1c(F)cccc1F. The van der Waals surface area contributed by atoms with Gasteiger partial charge in [-0.25, -0.2) is 8.78 Å². The van der Waals surface area contributed by atoms with Gasteiger partial charge in [0.25, 0.3) is 0 Å². The van der Waals surface area contributed by atoms with Crippen LogP contribution in [0.25, 0.3) is 0 Å². The lowest BCUT2D eigenvalue weighted by atomic mass is 10.3. The lowest BCUT2D eigenvalue weighted by molar-refractivity contribution is -0.115. The monoisotopic (exact) mass is 338 g/mol. The molecule has 0 aliphatic heterocycles. The number of thioether (sulfide) groups is 1. The fraction of sp³-hybridized carbons (Fsp3) is 0.267. The number of nitrogens with one attached hydrogen (secondary N) is 1. The van der Waals surface area contributed by atoms with Crippen molar-refractivity contribution in [3.8, 4) is 0 Å². The highest BCUT2D eigenvalue weighted by Crippen LogP contribution is 2.25. The predicted molar refractivity (Wildman–Crippen MR) is 85.3 cm³/mol. The van der Waals surface area contributed by atoms with E-state index in [0.717, 1.165) is 23.9 Å². The molecule has 1 aromatic heterocycles. The second-order valence-electron chi connectivity index (χ2n) is 4.78. The summed E-state index contributed by atoms with van der Waals surface area (Å²) < 4.78 is 28.9. The fourth-order valence-corrected chi connectivity index (χ4v) is 2.75. The Bertz CT molecular complexity index is 712. The highest BCUT2D eigenvalue weighted by atomic mass is 32.2. The summed E-state index contributed by atoms with van der Waals surface area (Å²) in [6.45, 7) is 7.59. The molecule has 1 aromatic carbocycles. The van der Waals surface area contributed by atoms with E-state index in [2.05, 4.69) is 22.1 Å². The molecule has 2 rings (SSSR count). The standard InChI is InChI=1S/C15H16F2N4OS/c1-4-8-21-10(3)19-20-15(21)23-9(2)14(22)18-13-11(16)6-5-7-12(13)17/h4-7,9H,1,8H2,2-3H3,(H,18,22). The van der Waals surface area contributed by atoms with E-state index in [1.54, 1.807) is 24.5 Å². The van der Waals surface area contributed by atoms with Gasteiger partial charge in [0.1, 0.15) is 23.1 Å². The van der Waals surface area contributed by atoms with Gasteiger partial charge in [-0.2, -0.15) is 0 Å². The maximum Gasteiger partial charge on any atom is 0.237 e. The van der Waals surface area contributed by atoms with Crippen LogP contribution in [-0.4, -0.2) is 25.9 Å². The molecule has 1 amide bonds. The second-order valence-corrected chi connectivity index (χ2v) is 6.08. The minimum Gasteiger partial charge on any atom is -0.320 e. The van der Waals surface area contributed by atoms with Crippen LogP contribution >= 0.6 is 11.8 Å². The van der Waals surface area contributed by atoms with Gasteiger partial charge >= 0.3 is 0 Å². The number of rotatable bonds is 6. The number of aromatic nitrogens is 3. The Balaban J connectivity index is 2.10. The van der Waals surface area contributed by atoms with Crippen molar-refractivity contribution < 1.29 is 13.6 Å². The molecular weight excluding hydrogens is 322 g/mol. The van der Waals surface area contributed by atoms with Crippen molar-refractivity contribution in [1.29, 1.82) is 0 Å². The third-order valence-electron chi connectivity index (χ3n) is 3.08. The van der Waals surface area contributed by atoms with E-state index in [4.69, 9.17) is 0 Å². The number of benzene rings is 1. The number of para-hydroxylation sites is 1. The number of nitrogens with zero attached hydrogens (tertiary/aromatic N) is 3. The normalized spacial score (nSPS) is 12.0. The van der Waals surface area contributed by atoms with Crippen molar-refractivity contribution in [3.05, 3.63) is 48.3 Å². The molecular formula is C15H16F2N4OS. The van der Waals surface area contributed by atoms with Crippen LogP contribution in [0.3, 0.4) is 0 Å². The average Bonchev–Trinajstić information content (AvgIpc) is 2.84. The maximum absolute atomic E-state index is 13.6. The maximum atomic E-state index is 13.6. The van der Waals surface area contributed by atoms with Crippen LogP contribution in [0.1, 0.15) is 12.7 Å². The van der Waals surface area contributed by atoms with E-state index in [9.17, 15) is 13.6 Å². The van der Waals surface area contributed by atoms with Gasteiger partial charge in [-0.05, 0) is 26.0 Å². The highest BCUT2D eigenvalue weighted by molar-refractivity contribution is 8.00. The minimum atomic E-state index is -0.818. The van der Waals surface area contributed by atoms with Crippen LogP contribution < -0.4 is 5.32 Å². The minimum absolute atomic E-state index is 0.450. The number of aryl methyl sites for hydroxylation is 1.